The third-order valence-electron chi connectivity index (χ3n) is 8.48. The number of hydrogen-bond acceptors (Lipinski definition) is 4. The van der Waals surface area contributed by atoms with Crippen LogP contribution in [-0.2, 0) is 9.59 Å². The van der Waals surface area contributed by atoms with Gasteiger partial charge in [0.1, 0.15) is 6.04 Å². The summed E-state index contributed by atoms with van der Waals surface area (Å²) in [5.41, 5.74) is 1.71. The number of nitrogens with one attached hydrogen (secondary N) is 1. The number of hydrogen-bond donors (Lipinski definition) is 1. The molecule has 1 aliphatic carbocycles. The maximum Gasteiger partial charge on any atom is 0.243 e. The molecular weight excluding hydrogens is 540 g/mol. The minimum absolute atomic E-state index is 0.0387. The Morgan fingerprint density at radius 3 is 2.33 bits per heavy atom. The van der Waals surface area contributed by atoms with Crippen LogP contribution in [0, 0.1) is 11.8 Å². The van der Waals surface area contributed by atoms with Gasteiger partial charge in [0.15, 0.2) is 5.78 Å². The Balaban J connectivity index is 1.65. The van der Waals surface area contributed by atoms with Gasteiger partial charge in [0.2, 0.25) is 11.8 Å². The number of benzene rings is 2. The number of rotatable bonds is 10. The van der Waals surface area contributed by atoms with Gasteiger partial charge in [0.05, 0.1) is 16.8 Å². The van der Waals surface area contributed by atoms with Gasteiger partial charge in [-0.1, -0.05) is 92.7 Å². The van der Waals surface area contributed by atoms with E-state index in [4.69, 9.17) is 11.6 Å². The van der Waals surface area contributed by atoms with Crippen LogP contribution in [-0.4, -0.2) is 35.1 Å². The maximum absolute atomic E-state index is 14.4. The summed E-state index contributed by atoms with van der Waals surface area (Å²) in [4.78, 5) is 45.1. The molecule has 5 nitrogen and oxygen atoms in total. The fourth-order valence-corrected chi connectivity index (χ4v) is 7.44. The van der Waals surface area contributed by atoms with Crippen LogP contribution in [0.4, 0.5) is 0 Å². The lowest BCUT2D eigenvalue weighted by Crippen LogP contribution is -2.48. The first-order valence-electron chi connectivity index (χ1n) is 14.5. The van der Waals surface area contributed by atoms with Crippen molar-refractivity contribution in [2.75, 3.05) is 6.54 Å². The van der Waals surface area contributed by atoms with Crippen LogP contribution in [0.1, 0.15) is 84.6 Å². The van der Waals surface area contributed by atoms with Crippen LogP contribution in [0.5, 0.6) is 0 Å². The zero-order chi connectivity index (χ0) is 28.1. The van der Waals surface area contributed by atoms with E-state index in [-0.39, 0.29) is 17.6 Å². The molecule has 0 spiro atoms. The Morgan fingerprint density at radius 2 is 1.68 bits per heavy atom. The van der Waals surface area contributed by atoms with E-state index in [1.807, 2.05) is 66.9 Å². The van der Waals surface area contributed by atoms with Gasteiger partial charge in [-0.15, -0.1) is 11.3 Å². The molecule has 2 heterocycles. The minimum atomic E-state index is -0.817. The Hall–Kier alpha value is -2.96. The zero-order valence-corrected chi connectivity index (χ0v) is 24.5. The van der Waals surface area contributed by atoms with Crippen LogP contribution < -0.4 is 5.32 Å². The van der Waals surface area contributed by atoms with Gasteiger partial charge >= 0.3 is 0 Å². The third kappa shape index (κ3) is 6.03. The van der Waals surface area contributed by atoms with Crippen LogP contribution in [0.2, 0.25) is 5.02 Å². The van der Waals surface area contributed by atoms with Crippen LogP contribution >= 0.6 is 22.9 Å². The predicted molar refractivity (Wildman–Crippen MR) is 161 cm³/mol. The van der Waals surface area contributed by atoms with Gasteiger partial charge in [0, 0.05) is 23.9 Å². The van der Waals surface area contributed by atoms with Crippen molar-refractivity contribution in [1.29, 1.82) is 0 Å². The smallest absolute Gasteiger partial charge is 0.243 e. The number of carbonyl (C=O) groups is 3. The highest BCUT2D eigenvalue weighted by Gasteiger charge is 2.57. The number of carbonyl (C=O) groups excluding carboxylic acids is 3. The highest BCUT2D eigenvalue weighted by molar-refractivity contribution is 7.12. The van der Waals surface area contributed by atoms with E-state index >= 15 is 0 Å². The van der Waals surface area contributed by atoms with Crippen molar-refractivity contribution in [3.63, 3.8) is 0 Å². The SMILES string of the molecule is CCCNC(=O)C1C(c2ccc(Cl)cc2)C(C(=O)c2cccs2)C(c2ccccc2)N1C(=O)CCC1CCCC1. The van der Waals surface area contributed by atoms with Gasteiger partial charge < -0.3 is 10.2 Å². The van der Waals surface area contributed by atoms with E-state index in [0.717, 1.165) is 36.8 Å². The molecule has 210 valence electrons. The summed E-state index contributed by atoms with van der Waals surface area (Å²) in [6, 6.07) is 19.5. The van der Waals surface area contributed by atoms with Gasteiger partial charge in [-0.25, -0.2) is 0 Å². The van der Waals surface area contributed by atoms with Crippen molar-refractivity contribution in [3.05, 3.63) is 93.1 Å². The normalized spacial score (nSPS) is 22.9. The van der Waals surface area contributed by atoms with Crippen LogP contribution in [0.15, 0.2) is 72.1 Å². The van der Waals surface area contributed by atoms with Gasteiger partial charge in [0.25, 0.3) is 0 Å². The number of likely N-dealkylation sites (tertiary alicyclic amines) is 1. The molecule has 4 unspecified atom stereocenters. The average Bonchev–Trinajstić information content (AvgIpc) is 3.76. The first-order chi connectivity index (χ1) is 19.5. The Labute approximate surface area is 245 Å². The van der Waals surface area contributed by atoms with E-state index in [1.165, 1.54) is 24.2 Å². The largest absolute Gasteiger partial charge is 0.354 e. The predicted octanol–water partition coefficient (Wildman–Crippen LogP) is 7.43. The summed E-state index contributed by atoms with van der Waals surface area (Å²) < 4.78 is 0. The average molecular weight is 577 g/mol. The van der Waals surface area contributed by atoms with Crippen molar-refractivity contribution >= 4 is 40.5 Å². The second-order valence-electron chi connectivity index (χ2n) is 11.0. The van der Waals surface area contributed by atoms with Crippen LogP contribution in [0.25, 0.3) is 0 Å². The second-order valence-corrected chi connectivity index (χ2v) is 12.4. The zero-order valence-electron chi connectivity index (χ0n) is 22.9. The lowest BCUT2D eigenvalue weighted by atomic mass is 9.77. The van der Waals surface area contributed by atoms with Gasteiger partial charge in [-0.2, -0.15) is 0 Å². The van der Waals surface area contributed by atoms with Gasteiger partial charge in [-0.05, 0) is 53.5 Å². The fraction of sp³-hybridized carbons (Fsp3) is 0.424. The second kappa shape index (κ2) is 13.1. The third-order valence-corrected chi connectivity index (χ3v) is 9.61. The molecule has 1 aromatic heterocycles. The van der Waals surface area contributed by atoms with E-state index < -0.39 is 23.9 Å². The van der Waals surface area contributed by atoms with Crippen molar-refractivity contribution < 1.29 is 14.4 Å². The fourth-order valence-electron chi connectivity index (χ4n) is 6.60. The molecule has 7 heteroatoms. The molecule has 0 bridgehead atoms. The van der Waals surface area contributed by atoms with Crippen molar-refractivity contribution in [2.45, 2.75) is 69.9 Å². The monoisotopic (exact) mass is 576 g/mol. The molecule has 2 aromatic carbocycles. The minimum Gasteiger partial charge on any atom is -0.354 e. The summed E-state index contributed by atoms with van der Waals surface area (Å²) in [6.45, 7) is 2.51. The Bertz CT molecular complexity index is 1290. The van der Waals surface area contributed by atoms with E-state index in [9.17, 15) is 14.4 Å². The molecule has 1 saturated heterocycles. The van der Waals surface area contributed by atoms with Crippen molar-refractivity contribution in [3.8, 4) is 0 Å². The number of ketones is 1. The van der Waals surface area contributed by atoms with Crippen molar-refractivity contribution in [1.82, 2.24) is 10.2 Å². The summed E-state index contributed by atoms with van der Waals surface area (Å²) >= 11 is 7.66. The number of halogens is 1. The summed E-state index contributed by atoms with van der Waals surface area (Å²) in [5, 5.41) is 5.54. The summed E-state index contributed by atoms with van der Waals surface area (Å²) in [6.07, 6.45) is 6.71. The number of amides is 2. The summed E-state index contributed by atoms with van der Waals surface area (Å²) in [7, 11) is 0. The van der Waals surface area contributed by atoms with E-state index in [0.29, 0.717) is 28.8 Å². The number of Topliss-reactive ketones (excluding diaryl/α,β-unsaturated/α-hetero) is 1. The molecule has 3 aromatic rings. The highest BCUT2D eigenvalue weighted by Crippen LogP contribution is 2.52. The topological polar surface area (TPSA) is 66.5 Å². The molecule has 2 amide bonds. The number of nitrogens with zero attached hydrogens (tertiary/aromatic N) is 1. The lowest BCUT2D eigenvalue weighted by Gasteiger charge is -2.32. The highest BCUT2D eigenvalue weighted by atomic mass is 35.5. The quantitative estimate of drug-likeness (QED) is 0.255. The van der Waals surface area contributed by atoms with E-state index in [1.54, 1.807) is 17.0 Å². The maximum atomic E-state index is 14.4. The lowest BCUT2D eigenvalue weighted by molar-refractivity contribution is -0.141. The molecule has 2 fully saturated rings. The van der Waals surface area contributed by atoms with Crippen molar-refractivity contribution in [2.24, 2.45) is 11.8 Å². The Kier molecular flexibility index (Phi) is 9.38. The van der Waals surface area contributed by atoms with Crippen LogP contribution in [0.3, 0.4) is 0 Å². The van der Waals surface area contributed by atoms with Gasteiger partial charge in [-0.3, -0.25) is 14.4 Å². The first kappa shape index (κ1) is 28.6. The van der Waals surface area contributed by atoms with E-state index in [2.05, 4.69) is 5.32 Å². The number of thiophene rings is 1. The molecular formula is C33H37ClN2O3S. The molecule has 4 atom stereocenters. The molecule has 1 saturated carbocycles. The molecule has 5 rings (SSSR count). The molecule has 40 heavy (non-hydrogen) atoms. The standard InChI is InChI=1S/C33H37ClN2O3S/c1-2-20-35-33(39)31-28(23-15-17-25(34)18-16-23)29(32(38)26-13-8-21-40-26)30(24-11-4-3-5-12-24)36(31)27(37)19-14-22-9-6-7-10-22/h3-5,8,11-13,15-18,21-22,28-31H,2,6-7,9-10,14,19-20H2,1H3,(H,35,39). The molecule has 1 aliphatic heterocycles. The molecule has 2 aliphatic rings. The molecule has 1 N–H and O–H groups in total. The molecule has 0 radical (unpaired) electrons. The Morgan fingerprint density at radius 1 is 0.950 bits per heavy atom. The first-order valence-corrected chi connectivity index (χ1v) is 15.7. The summed E-state index contributed by atoms with van der Waals surface area (Å²) in [5.74, 6) is -0.913.